The van der Waals surface area contributed by atoms with Crippen LogP contribution in [0.3, 0.4) is 0 Å². The molecule has 1 atom stereocenters. The Hall–Kier alpha value is -4.52. The van der Waals surface area contributed by atoms with E-state index in [4.69, 9.17) is 9.72 Å². The number of aromatic nitrogens is 6. The van der Waals surface area contributed by atoms with E-state index in [1.54, 1.807) is 13.0 Å². The number of hydrogen-bond acceptors (Lipinski definition) is 8. The Kier molecular flexibility index (Phi) is 7.50. The molecule has 5 aromatic rings. The van der Waals surface area contributed by atoms with Gasteiger partial charge in [-0.3, -0.25) is 14.3 Å². The predicted molar refractivity (Wildman–Crippen MR) is 150 cm³/mol. The molecular weight excluding hydrogens is 551 g/mol. The summed E-state index contributed by atoms with van der Waals surface area (Å²) in [6.07, 6.45) is 1.93. The molecule has 0 spiro atoms. The van der Waals surface area contributed by atoms with E-state index in [2.05, 4.69) is 24.6 Å². The predicted octanol–water partition coefficient (Wildman–Crippen LogP) is 4.32. The number of ether oxygens (including phenoxy) is 2. The zero-order valence-electron chi connectivity index (χ0n) is 23.0. The summed E-state index contributed by atoms with van der Waals surface area (Å²) in [7, 11) is 1.91. The number of imidazole rings is 1. The van der Waals surface area contributed by atoms with E-state index >= 15 is 0 Å². The van der Waals surface area contributed by atoms with Crippen LogP contribution in [-0.4, -0.2) is 73.0 Å². The lowest BCUT2D eigenvalue weighted by atomic mass is 10.1. The average molecular weight is 580 g/mol. The summed E-state index contributed by atoms with van der Waals surface area (Å²) in [5.41, 5.74) is 2.73. The molecule has 3 aromatic heterocycles. The van der Waals surface area contributed by atoms with Crippen molar-refractivity contribution in [2.45, 2.75) is 32.5 Å². The molecule has 0 N–H and O–H groups in total. The Balaban J connectivity index is 1.42. The maximum absolute atomic E-state index is 14.0. The number of nitrogens with zero attached hydrogens (tertiary/aromatic N) is 7. The van der Waals surface area contributed by atoms with Crippen LogP contribution < -0.4 is 15.0 Å². The van der Waals surface area contributed by atoms with Gasteiger partial charge in [-0.05, 0) is 49.7 Å². The van der Waals surface area contributed by atoms with Crippen molar-refractivity contribution in [3.8, 4) is 28.7 Å². The standard InChI is InChI=1S/C29H28F3N7O3/c1-3-41-29-33-15-22-26(36-29)39(19-5-7-20(8-6-19)42-28(31)32)27(40)25(35-22)17-4-9-21-23(14-17)37(2)24(34-21)11-13-38-12-10-18(30)16-38/h4-9,14-15,18,28H,3,10-13,16H2,1-2H3. The van der Waals surface area contributed by atoms with Crippen molar-refractivity contribution in [2.75, 3.05) is 26.2 Å². The second-order valence-corrected chi connectivity index (χ2v) is 9.99. The lowest BCUT2D eigenvalue weighted by molar-refractivity contribution is -0.0498. The van der Waals surface area contributed by atoms with Crippen LogP contribution in [0.25, 0.3) is 39.1 Å². The van der Waals surface area contributed by atoms with E-state index < -0.39 is 18.3 Å². The first-order valence-corrected chi connectivity index (χ1v) is 13.6. The molecule has 0 radical (unpaired) electrons. The summed E-state index contributed by atoms with van der Waals surface area (Å²) in [5.74, 6) is 0.813. The molecular formula is C29H28F3N7O3. The highest BCUT2D eigenvalue weighted by molar-refractivity contribution is 5.83. The Labute approximate surface area is 238 Å². The summed E-state index contributed by atoms with van der Waals surface area (Å²) in [4.78, 5) is 34.1. The molecule has 0 saturated carbocycles. The quantitative estimate of drug-likeness (QED) is 0.255. The average Bonchev–Trinajstić information content (AvgIpc) is 3.53. The van der Waals surface area contributed by atoms with E-state index in [1.165, 1.54) is 35.0 Å². The van der Waals surface area contributed by atoms with Crippen LogP contribution in [0, 0.1) is 0 Å². The van der Waals surface area contributed by atoms with E-state index in [-0.39, 0.29) is 23.1 Å². The zero-order chi connectivity index (χ0) is 29.4. The number of halogens is 3. The molecule has 0 aliphatic carbocycles. The zero-order valence-corrected chi connectivity index (χ0v) is 23.0. The summed E-state index contributed by atoms with van der Waals surface area (Å²) in [6, 6.07) is 11.2. The van der Waals surface area contributed by atoms with Gasteiger partial charge < -0.3 is 14.0 Å². The number of benzene rings is 2. The third kappa shape index (κ3) is 5.39. The lowest BCUT2D eigenvalue weighted by Crippen LogP contribution is -2.24. The lowest BCUT2D eigenvalue weighted by Gasteiger charge is -2.14. The molecule has 1 fully saturated rings. The van der Waals surface area contributed by atoms with Gasteiger partial charge in [0.05, 0.1) is 29.5 Å². The number of alkyl halides is 3. The highest BCUT2D eigenvalue weighted by Gasteiger charge is 2.22. The Bertz CT molecular complexity index is 1810. The van der Waals surface area contributed by atoms with Gasteiger partial charge in [0.15, 0.2) is 5.65 Å². The van der Waals surface area contributed by atoms with Gasteiger partial charge >= 0.3 is 12.6 Å². The number of hydrogen-bond donors (Lipinski definition) is 0. The van der Waals surface area contributed by atoms with Crippen LogP contribution in [0.2, 0.25) is 0 Å². The minimum atomic E-state index is -2.97. The molecule has 0 bridgehead atoms. The smallest absolute Gasteiger partial charge is 0.387 e. The van der Waals surface area contributed by atoms with E-state index in [0.717, 1.165) is 23.4 Å². The molecule has 1 aliphatic heterocycles. The van der Waals surface area contributed by atoms with Crippen molar-refractivity contribution in [1.29, 1.82) is 0 Å². The Morgan fingerprint density at radius 3 is 2.60 bits per heavy atom. The van der Waals surface area contributed by atoms with Gasteiger partial charge in [-0.25, -0.2) is 19.3 Å². The number of rotatable bonds is 9. The van der Waals surface area contributed by atoms with Crippen LogP contribution in [0.5, 0.6) is 11.8 Å². The molecule has 4 heterocycles. The maximum Gasteiger partial charge on any atom is 0.387 e. The largest absolute Gasteiger partial charge is 0.464 e. The highest BCUT2D eigenvalue weighted by Crippen LogP contribution is 2.26. The first-order valence-electron chi connectivity index (χ1n) is 13.6. The van der Waals surface area contributed by atoms with Crippen molar-refractivity contribution in [3.63, 3.8) is 0 Å². The van der Waals surface area contributed by atoms with E-state index in [1.807, 2.05) is 23.7 Å². The fourth-order valence-electron chi connectivity index (χ4n) is 5.22. The molecule has 10 nitrogen and oxygen atoms in total. The molecule has 13 heteroatoms. The van der Waals surface area contributed by atoms with E-state index in [0.29, 0.717) is 49.3 Å². The van der Waals surface area contributed by atoms with Crippen molar-refractivity contribution >= 4 is 22.2 Å². The monoisotopic (exact) mass is 579 g/mol. The van der Waals surface area contributed by atoms with E-state index in [9.17, 15) is 18.0 Å². The van der Waals surface area contributed by atoms with Crippen molar-refractivity contribution in [3.05, 3.63) is 64.8 Å². The molecule has 218 valence electrons. The van der Waals surface area contributed by atoms with Gasteiger partial charge in [-0.2, -0.15) is 13.8 Å². The fraction of sp³-hybridized carbons (Fsp3) is 0.345. The Morgan fingerprint density at radius 1 is 1.07 bits per heavy atom. The first kappa shape index (κ1) is 27.6. The van der Waals surface area contributed by atoms with Crippen molar-refractivity contribution in [2.24, 2.45) is 7.05 Å². The topological polar surface area (TPSA) is 100 Å². The molecule has 42 heavy (non-hydrogen) atoms. The maximum atomic E-state index is 14.0. The molecule has 2 aromatic carbocycles. The van der Waals surface area contributed by atoms with Crippen LogP contribution in [0.4, 0.5) is 13.2 Å². The van der Waals surface area contributed by atoms with Gasteiger partial charge in [0.2, 0.25) is 0 Å². The molecule has 6 rings (SSSR count). The fourth-order valence-corrected chi connectivity index (χ4v) is 5.22. The summed E-state index contributed by atoms with van der Waals surface area (Å²) >= 11 is 0. The Morgan fingerprint density at radius 2 is 1.88 bits per heavy atom. The van der Waals surface area contributed by atoms with Crippen LogP contribution >= 0.6 is 0 Å². The summed E-state index contributed by atoms with van der Waals surface area (Å²) in [6.45, 7) is 1.04. The van der Waals surface area contributed by atoms with Crippen LogP contribution in [0.15, 0.2) is 53.5 Å². The number of likely N-dealkylation sites (tertiary alicyclic amines) is 1. The highest BCUT2D eigenvalue weighted by atomic mass is 19.3. The number of fused-ring (bicyclic) bond motifs is 2. The summed E-state index contributed by atoms with van der Waals surface area (Å²) < 4.78 is 52.2. The minimum absolute atomic E-state index is 0.0447. The van der Waals surface area contributed by atoms with Crippen molar-refractivity contribution < 1.29 is 22.6 Å². The third-order valence-electron chi connectivity index (χ3n) is 7.28. The third-order valence-corrected chi connectivity index (χ3v) is 7.28. The van der Waals surface area contributed by atoms with Crippen molar-refractivity contribution in [1.82, 2.24) is 34.0 Å². The van der Waals surface area contributed by atoms with Gasteiger partial charge in [0.25, 0.3) is 5.56 Å². The van der Waals surface area contributed by atoms with Gasteiger partial charge in [0.1, 0.15) is 29.0 Å². The minimum Gasteiger partial charge on any atom is -0.464 e. The van der Waals surface area contributed by atoms with Gasteiger partial charge in [0, 0.05) is 38.7 Å². The number of aryl methyl sites for hydroxylation is 1. The first-order chi connectivity index (χ1) is 20.3. The van der Waals surface area contributed by atoms with Gasteiger partial charge in [-0.1, -0.05) is 6.07 Å². The molecule has 0 amide bonds. The van der Waals surface area contributed by atoms with Gasteiger partial charge in [-0.15, -0.1) is 0 Å². The summed E-state index contributed by atoms with van der Waals surface area (Å²) in [5, 5.41) is 0. The molecule has 1 saturated heterocycles. The SMILES string of the molecule is CCOc1ncc2nc(-c3ccc4nc(CCN5CCC(F)C5)n(C)c4c3)c(=O)n(-c3ccc(OC(F)F)cc3)c2n1. The second-order valence-electron chi connectivity index (χ2n) is 9.99. The molecule has 1 unspecified atom stereocenters. The normalized spacial score (nSPS) is 15.7. The molecule has 1 aliphatic rings. The second kappa shape index (κ2) is 11.4. The van der Waals surface area contributed by atoms with Crippen LogP contribution in [0.1, 0.15) is 19.2 Å². The van der Waals surface area contributed by atoms with Crippen LogP contribution in [-0.2, 0) is 13.5 Å².